The molecule has 0 atom stereocenters. The van der Waals surface area contributed by atoms with Gasteiger partial charge in [-0.05, 0) is 18.2 Å². The van der Waals surface area contributed by atoms with Gasteiger partial charge in [-0.25, -0.2) is 0 Å². The Morgan fingerprint density at radius 1 is 1.62 bits per heavy atom. The number of primary amides is 1. The van der Waals surface area contributed by atoms with E-state index in [1.54, 1.807) is 30.5 Å². The Kier molecular flexibility index (Phi) is 2.77. The lowest BCUT2D eigenvalue weighted by Crippen LogP contribution is -2.12. The molecule has 0 aliphatic carbocycles. The highest BCUT2D eigenvalue weighted by Crippen LogP contribution is 2.01. The van der Waals surface area contributed by atoms with E-state index in [-0.39, 0.29) is 5.57 Å². The summed E-state index contributed by atoms with van der Waals surface area (Å²) < 4.78 is 0. The number of nitriles is 1. The first-order chi connectivity index (χ1) is 6.24. The molecule has 4 nitrogen and oxygen atoms in total. The summed E-state index contributed by atoms with van der Waals surface area (Å²) >= 11 is 0. The monoisotopic (exact) mass is 173 g/mol. The zero-order valence-electron chi connectivity index (χ0n) is 6.77. The van der Waals surface area contributed by atoms with Crippen LogP contribution in [0.1, 0.15) is 5.69 Å². The second kappa shape index (κ2) is 4.02. The number of amides is 1. The second-order valence-electron chi connectivity index (χ2n) is 2.29. The van der Waals surface area contributed by atoms with E-state index in [1.165, 1.54) is 6.08 Å². The molecule has 0 fully saturated rings. The molecule has 0 aromatic carbocycles. The van der Waals surface area contributed by atoms with Gasteiger partial charge in [0.15, 0.2) is 0 Å². The van der Waals surface area contributed by atoms with Gasteiger partial charge >= 0.3 is 0 Å². The number of hydrogen-bond donors (Lipinski definition) is 1. The fourth-order valence-corrected chi connectivity index (χ4v) is 0.768. The Morgan fingerprint density at radius 3 is 2.85 bits per heavy atom. The zero-order chi connectivity index (χ0) is 9.68. The first-order valence-electron chi connectivity index (χ1n) is 3.56. The Morgan fingerprint density at radius 2 is 2.38 bits per heavy atom. The van der Waals surface area contributed by atoms with E-state index in [9.17, 15) is 4.79 Å². The highest BCUT2D eigenvalue weighted by atomic mass is 16.1. The number of hydrogen-bond acceptors (Lipinski definition) is 3. The van der Waals surface area contributed by atoms with E-state index in [2.05, 4.69) is 4.98 Å². The minimum atomic E-state index is -0.742. The number of aromatic nitrogens is 1. The Bertz CT molecular complexity index is 376. The molecular formula is C9H7N3O. The van der Waals surface area contributed by atoms with Crippen LogP contribution in [0.4, 0.5) is 0 Å². The molecule has 0 saturated carbocycles. The van der Waals surface area contributed by atoms with Crippen molar-refractivity contribution >= 4 is 12.0 Å². The maximum absolute atomic E-state index is 10.6. The van der Waals surface area contributed by atoms with Gasteiger partial charge in [-0.3, -0.25) is 9.78 Å². The molecule has 4 heteroatoms. The summed E-state index contributed by atoms with van der Waals surface area (Å²) in [4.78, 5) is 14.6. The van der Waals surface area contributed by atoms with Crippen LogP contribution in [0, 0.1) is 11.3 Å². The fraction of sp³-hybridized carbons (Fsp3) is 0. The molecule has 2 N–H and O–H groups in total. The van der Waals surface area contributed by atoms with Gasteiger partial charge < -0.3 is 5.73 Å². The van der Waals surface area contributed by atoms with Crippen LogP contribution >= 0.6 is 0 Å². The smallest absolute Gasteiger partial charge is 0.259 e. The summed E-state index contributed by atoms with van der Waals surface area (Å²) in [5, 5.41) is 8.51. The lowest BCUT2D eigenvalue weighted by molar-refractivity contribution is -0.114. The van der Waals surface area contributed by atoms with Gasteiger partial charge in [0, 0.05) is 6.20 Å². The largest absolute Gasteiger partial charge is 0.365 e. The molecule has 0 saturated heterocycles. The topological polar surface area (TPSA) is 79.8 Å². The molecular weight excluding hydrogens is 166 g/mol. The SMILES string of the molecule is N#C/C(=C\c1ccccn1)C(N)=O. The summed E-state index contributed by atoms with van der Waals surface area (Å²) in [5.74, 6) is -0.742. The van der Waals surface area contributed by atoms with Crippen molar-refractivity contribution in [3.8, 4) is 6.07 Å². The first kappa shape index (κ1) is 8.94. The molecule has 1 aromatic rings. The van der Waals surface area contributed by atoms with Gasteiger partial charge in [0.2, 0.25) is 0 Å². The van der Waals surface area contributed by atoms with Crippen molar-refractivity contribution < 1.29 is 4.79 Å². The van der Waals surface area contributed by atoms with Crippen molar-refractivity contribution in [2.75, 3.05) is 0 Å². The van der Waals surface area contributed by atoms with Crippen LogP contribution in [0.25, 0.3) is 6.08 Å². The molecule has 0 aliphatic rings. The maximum Gasteiger partial charge on any atom is 0.259 e. The van der Waals surface area contributed by atoms with E-state index in [0.29, 0.717) is 5.69 Å². The number of nitrogens with two attached hydrogens (primary N) is 1. The minimum Gasteiger partial charge on any atom is -0.365 e. The van der Waals surface area contributed by atoms with Crippen LogP contribution in [-0.4, -0.2) is 10.9 Å². The van der Waals surface area contributed by atoms with Crippen LogP contribution in [0.5, 0.6) is 0 Å². The van der Waals surface area contributed by atoms with Crippen LogP contribution in [0.3, 0.4) is 0 Å². The van der Waals surface area contributed by atoms with Gasteiger partial charge in [-0.1, -0.05) is 6.07 Å². The lowest BCUT2D eigenvalue weighted by atomic mass is 10.2. The number of pyridine rings is 1. The van der Waals surface area contributed by atoms with Crippen molar-refractivity contribution in [1.82, 2.24) is 4.98 Å². The van der Waals surface area contributed by atoms with E-state index >= 15 is 0 Å². The molecule has 1 aromatic heterocycles. The lowest BCUT2D eigenvalue weighted by Gasteiger charge is -1.91. The predicted octanol–water partition coefficient (Wildman–Crippen LogP) is 0.474. The van der Waals surface area contributed by atoms with Crippen molar-refractivity contribution in [1.29, 1.82) is 5.26 Å². The third kappa shape index (κ3) is 2.42. The van der Waals surface area contributed by atoms with E-state index in [0.717, 1.165) is 0 Å². The average molecular weight is 173 g/mol. The van der Waals surface area contributed by atoms with Crippen LogP contribution in [-0.2, 0) is 4.79 Å². The van der Waals surface area contributed by atoms with Crippen LogP contribution < -0.4 is 5.73 Å². The number of carbonyl (C=O) groups is 1. The highest BCUT2D eigenvalue weighted by Gasteiger charge is 2.02. The van der Waals surface area contributed by atoms with Gasteiger partial charge in [0.1, 0.15) is 11.6 Å². The maximum atomic E-state index is 10.6. The summed E-state index contributed by atoms with van der Waals surface area (Å²) in [6.45, 7) is 0. The van der Waals surface area contributed by atoms with Crippen LogP contribution in [0.2, 0.25) is 0 Å². The third-order valence-electron chi connectivity index (χ3n) is 1.37. The van der Waals surface area contributed by atoms with Gasteiger partial charge in [0.25, 0.3) is 5.91 Å². The molecule has 1 heterocycles. The summed E-state index contributed by atoms with van der Waals surface area (Å²) in [7, 11) is 0. The fourth-order valence-electron chi connectivity index (χ4n) is 0.768. The average Bonchev–Trinajstić information content (AvgIpc) is 2.15. The molecule has 0 spiro atoms. The quantitative estimate of drug-likeness (QED) is 0.521. The Balaban J connectivity index is 3.01. The van der Waals surface area contributed by atoms with Crippen molar-refractivity contribution in [2.45, 2.75) is 0 Å². The van der Waals surface area contributed by atoms with E-state index < -0.39 is 5.91 Å². The Labute approximate surface area is 75.3 Å². The molecule has 1 rings (SSSR count). The highest BCUT2D eigenvalue weighted by molar-refractivity contribution is 6.00. The minimum absolute atomic E-state index is 0.0984. The summed E-state index contributed by atoms with van der Waals surface area (Å²) in [6.07, 6.45) is 2.92. The standard InChI is InChI=1S/C9H7N3O/c10-6-7(9(11)13)5-8-3-1-2-4-12-8/h1-5H,(H2,11,13)/b7-5+. The van der Waals surface area contributed by atoms with E-state index in [1.807, 2.05) is 0 Å². The number of nitrogens with zero attached hydrogens (tertiary/aromatic N) is 2. The summed E-state index contributed by atoms with van der Waals surface area (Å²) in [6, 6.07) is 6.88. The predicted molar refractivity (Wildman–Crippen MR) is 47.0 cm³/mol. The molecule has 0 radical (unpaired) electrons. The number of carbonyl (C=O) groups excluding carboxylic acids is 1. The summed E-state index contributed by atoms with van der Waals surface area (Å²) in [5.41, 5.74) is 5.38. The molecule has 0 aliphatic heterocycles. The first-order valence-corrected chi connectivity index (χ1v) is 3.56. The Hall–Kier alpha value is -2.15. The number of rotatable bonds is 2. The molecule has 1 amide bonds. The van der Waals surface area contributed by atoms with Crippen LogP contribution in [0.15, 0.2) is 30.0 Å². The van der Waals surface area contributed by atoms with Crippen molar-refractivity contribution in [3.05, 3.63) is 35.7 Å². The van der Waals surface area contributed by atoms with E-state index in [4.69, 9.17) is 11.0 Å². The van der Waals surface area contributed by atoms with Gasteiger partial charge in [-0.15, -0.1) is 0 Å². The van der Waals surface area contributed by atoms with Gasteiger partial charge in [-0.2, -0.15) is 5.26 Å². The zero-order valence-corrected chi connectivity index (χ0v) is 6.77. The third-order valence-corrected chi connectivity index (χ3v) is 1.37. The van der Waals surface area contributed by atoms with Crippen molar-refractivity contribution in [3.63, 3.8) is 0 Å². The molecule has 64 valence electrons. The molecule has 0 bridgehead atoms. The molecule has 13 heavy (non-hydrogen) atoms. The second-order valence-corrected chi connectivity index (χ2v) is 2.29. The van der Waals surface area contributed by atoms with Gasteiger partial charge in [0.05, 0.1) is 5.69 Å². The normalized spacial score (nSPS) is 10.5. The van der Waals surface area contributed by atoms with Crippen molar-refractivity contribution in [2.24, 2.45) is 5.73 Å². The molecule has 0 unspecified atom stereocenters.